The first-order chi connectivity index (χ1) is 6.97. The molecule has 1 N–H and O–H groups in total. The molecule has 82 valence electrons. The number of nitro groups is 1. The van der Waals surface area contributed by atoms with E-state index >= 15 is 0 Å². The van der Waals surface area contributed by atoms with Gasteiger partial charge in [-0.1, -0.05) is 0 Å². The molecule has 0 spiro atoms. The Labute approximate surface area is 81.3 Å². The molecule has 0 saturated carbocycles. The van der Waals surface area contributed by atoms with Gasteiger partial charge in [-0.05, 0) is 0 Å². The van der Waals surface area contributed by atoms with E-state index in [1.54, 1.807) is 0 Å². The predicted octanol–water partition coefficient (Wildman–Crippen LogP) is 1.56. The van der Waals surface area contributed by atoms with Crippen molar-refractivity contribution in [1.82, 2.24) is 4.98 Å². The maximum atomic E-state index is 12.8. The molecule has 15 heavy (non-hydrogen) atoms. The van der Waals surface area contributed by atoms with E-state index in [-0.39, 0.29) is 0 Å². The van der Waals surface area contributed by atoms with Crippen LogP contribution in [0.15, 0.2) is 6.07 Å². The summed E-state index contributed by atoms with van der Waals surface area (Å²) < 4.78 is 37.1. The summed E-state index contributed by atoms with van der Waals surface area (Å²) in [7, 11) is 0. The number of alkyl halides is 2. The van der Waals surface area contributed by atoms with Crippen LogP contribution in [0, 0.1) is 15.9 Å². The van der Waals surface area contributed by atoms with Crippen molar-refractivity contribution in [1.29, 1.82) is 0 Å². The molecule has 0 aliphatic heterocycles. The number of aliphatic hydroxyl groups excluding tert-OH is 1. The van der Waals surface area contributed by atoms with E-state index in [2.05, 4.69) is 4.98 Å². The van der Waals surface area contributed by atoms with Gasteiger partial charge in [-0.15, -0.1) is 0 Å². The molecule has 0 aliphatic carbocycles. The van der Waals surface area contributed by atoms with Crippen molar-refractivity contribution in [3.05, 3.63) is 33.4 Å². The number of aromatic nitrogens is 1. The third-order valence-electron chi connectivity index (χ3n) is 1.61. The van der Waals surface area contributed by atoms with Gasteiger partial charge in [0, 0.05) is 0 Å². The summed E-state index contributed by atoms with van der Waals surface area (Å²) in [4.78, 5) is 12.3. The standard InChI is InChI=1S/C7H5F3N2O3/c8-3-1-5(12(14)15)4(2-13)11-6(3)7(9)10/h1,7,13H,2H2. The van der Waals surface area contributed by atoms with Crippen molar-refractivity contribution in [2.75, 3.05) is 0 Å². The van der Waals surface area contributed by atoms with Crippen LogP contribution in [0.25, 0.3) is 0 Å². The van der Waals surface area contributed by atoms with E-state index in [1.807, 2.05) is 0 Å². The van der Waals surface area contributed by atoms with Crippen molar-refractivity contribution in [2.24, 2.45) is 0 Å². The number of hydrogen-bond donors (Lipinski definition) is 1. The summed E-state index contributed by atoms with van der Waals surface area (Å²) in [5, 5.41) is 18.9. The van der Waals surface area contributed by atoms with Gasteiger partial charge in [-0.2, -0.15) is 0 Å². The molecule has 0 atom stereocenters. The van der Waals surface area contributed by atoms with Crippen molar-refractivity contribution in [3.63, 3.8) is 0 Å². The molecule has 0 fully saturated rings. The molecular formula is C7H5F3N2O3. The molecule has 0 saturated heterocycles. The monoisotopic (exact) mass is 222 g/mol. The van der Waals surface area contributed by atoms with Gasteiger partial charge in [0.25, 0.3) is 12.1 Å². The van der Waals surface area contributed by atoms with E-state index in [0.717, 1.165) is 0 Å². The lowest BCUT2D eigenvalue weighted by Crippen LogP contribution is -2.05. The topological polar surface area (TPSA) is 76.3 Å². The lowest BCUT2D eigenvalue weighted by Gasteiger charge is -2.04. The van der Waals surface area contributed by atoms with E-state index in [1.165, 1.54) is 0 Å². The first kappa shape index (κ1) is 11.4. The zero-order chi connectivity index (χ0) is 11.6. The molecule has 0 aliphatic rings. The van der Waals surface area contributed by atoms with Crippen molar-refractivity contribution >= 4 is 5.69 Å². The highest BCUT2D eigenvalue weighted by atomic mass is 19.3. The number of nitrogens with zero attached hydrogens (tertiary/aromatic N) is 2. The molecule has 0 aromatic carbocycles. The third-order valence-corrected chi connectivity index (χ3v) is 1.61. The highest BCUT2D eigenvalue weighted by Gasteiger charge is 2.23. The van der Waals surface area contributed by atoms with Gasteiger partial charge < -0.3 is 5.11 Å². The molecule has 1 aromatic heterocycles. The Morgan fingerprint density at radius 3 is 2.60 bits per heavy atom. The number of hydrogen-bond acceptors (Lipinski definition) is 4. The van der Waals surface area contributed by atoms with Crippen LogP contribution in [0.3, 0.4) is 0 Å². The molecule has 0 bridgehead atoms. The van der Waals surface area contributed by atoms with Crippen molar-refractivity contribution < 1.29 is 23.2 Å². The second kappa shape index (κ2) is 4.22. The number of halogens is 3. The average molecular weight is 222 g/mol. The quantitative estimate of drug-likeness (QED) is 0.621. The maximum absolute atomic E-state index is 12.8. The van der Waals surface area contributed by atoms with Crippen LogP contribution < -0.4 is 0 Å². The van der Waals surface area contributed by atoms with Gasteiger partial charge in [0.2, 0.25) is 0 Å². The molecule has 5 nitrogen and oxygen atoms in total. The van der Waals surface area contributed by atoms with Gasteiger partial charge >= 0.3 is 0 Å². The minimum atomic E-state index is -3.18. The number of rotatable bonds is 3. The summed E-state index contributed by atoms with van der Waals surface area (Å²) >= 11 is 0. The van der Waals surface area contributed by atoms with Crippen LogP contribution in [0.2, 0.25) is 0 Å². The molecule has 0 amide bonds. The van der Waals surface area contributed by atoms with Crippen LogP contribution >= 0.6 is 0 Å². The fraction of sp³-hybridized carbons (Fsp3) is 0.286. The Morgan fingerprint density at radius 2 is 2.20 bits per heavy atom. The number of pyridine rings is 1. The smallest absolute Gasteiger partial charge is 0.296 e. The minimum Gasteiger partial charge on any atom is -0.390 e. The Balaban J connectivity index is 3.35. The van der Waals surface area contributed by atoms with Crippen LogP contribution in [0.5, 0.6) is 0 Å². The molecule has 1 heterocycles. The summed E-state index contributed by atoms with van der Waals surface area (Å²) in [6.07, 6.45) is -3.18. The van der Waals surface area contributed by atoms with Crippen molar-refractivity contribution in [2.45, 2.75) is 13.0 Å². The predicted molar refractivity (Wildman–Crippen MR) is 41.7 cm³/mol. The Kier molecular flexibility index (Phi) is 3.20. The second-order valence-electron chi connectivity index (χ2n) is 2.54. The lowest BCUT2D eigenvalue weighted by atomic mass is 10.2. The second-order valence-corrected chi connectivity index (χ2v) is 2.54. The Morgan fingerprint density at radius 1 is 1.60 bits per heavy atom. The summed E-state index contributed by atoms with van der Waals surface area (Å²) in [5.74, 6) is -1.46. The SMILES string of the molecule is O=[N+]([O-])c1cc(F)c(C(F)F)nc1CO. The minimum absolute atomic E-state index is 0.319. The molecular weight excluding hydrogens is 217 g/mol. The lowest BCUT2D eigenvalue weighted by molar-refractivity contribution is -0.386. The molecule has 0 radical (unpaired) electrons. The van der Waals surface area contributed by atoms with Gasteiger partial charge in [0.15, 0.2) is 5.82 Å². The molecule has 1 rings (SSSR count). The van der Waals surface area contributed by atoms with E-state index in [9.17, 15) is 23.3 Å². The Hall–Kier alpha value is -1.70. The maximum Gasteiger partial charge on any atom is 0.296 e. The highest BCUT2D eigenvalue weighted by Crippen LogP contribution is 2.25. The van der Waals surface area contributed by atoms with E-state index in [0.29, 0.717) is 6.07 Å². The van der Waals surface area contributed by atoms with Crippen LogP contribution in [-0.4, -0.2) is 15.0 Å². The third kappa shape index (κ3) is 2.21. The fourth-order valence-electron chi connectivity index (χ4n) is 0.961. The van der Waals surface area contributed by atoms with E-state index in [4.69, 9.17) is 5.11 Å². The molecule has 8 heteroatoms. The zero-order valence-electron chi connectivity index (χ0n) is 7.15. The van der Waals surface area contributed by atoms with E-state index < -0.39 is 40.8 Å². The largest absolute Gasteiger partial charge is 0.390 e. The van der Waals surface area contributed by atoms with Gasteiger partial charge in [-0.3, -0.25) is 10.1 Å². The van der Waals surface area contributed by atoms with Crippen LogP contribution in [-0.2, 0) is 6.61 Å². The highest BCUT2D eigenvalue weighted by molar-refractivity contribution is 5.37. The zero-order valence-corrected chi connectivity index (χ0v) is 7.15. The average Bonchev–Trinajstić information content (AvgIpc) is 2.16. The van der Waals surface area contributed by atoms with Crippen LogP contribution in [0.4, 0.5) is 18.9 Å². The molecule has 0 unspecified atom stereocenters. The molecule has 1 aromatic rings. The summed E-state index contributed by atoms with van der Waals surface area (Å²) in [6, 6.07) is 0.319. The van der Waals surface area contributed by atoms with Gasteiger partial charge in [0.1, 0.15) is 11.4 Å². The van der Waals surface area contributed by atoms with Crippen LogP contribution in [0.1, 0.15) is 17.8 Å². The van der Waals surface area contributed by atoms with Crippen molar-refractivity contribution in [3.8, 4) is 0 Å². The van der Waals surface area contributed by atoms with Gasteiger partial charge in [0.05, 0.1) is 17.6 Å². The first-order valence-electron chi connectivity index (χ1n) is 3.70. The number of aliphatic hydroxyl groups is 1. The first-order valence-corrected chi connectivity index (χ1v) is 3.70. The normalized spacial score (nSPS) is 10.7. The Bertz CT molecular complexity index is 397. The fourth-order valence-corrected chi connectivity index (χ4v) is 0.961. The van der Waals surface area contributed by atoms with Gasteiger partial charge in [-0.25, -0.2) is 18.2 Å². The summed E-state index contributed by atoms with van der Waals surface area (Å²) in [6.45, 7) is -0.906. The summed E-state index contributed by atoms with van der Waals surface area (Å²) in [5.41, 5.74) is -2.61.